The van der Waals surface area contributed by atoms with Gasteiger partial charge in [-0.15, -0.1) is 0 Å². The fourth-order valence-corrected chi connectivity index (χ4v) is 1.23. The zero-order valence-electron chi connectivity index (χ0n) is 8.98. The third-order valence-electron chi connectivity index (χ3n) is 1.94. The first-order valence-electron chi connectivity index (χ1n) is 4.90. The Morgan fingerprint density at radius 3 is 2.33 bits per heavy atom. The second-order valence-corrected chi connectivity index (χ2v) is 3.37. The van der Waals surface area contributed by atoms with Crippen molar-refractivity contribution in [3.63, 3.8) is 0 Å². The van der Waals surface area contributed by atoms with Gasteiger partial charge in [-0.1, -0.05) is 18.2 Å². The molecule has 94 valence electrons. The first-order valence-corrected chi connectivity index (χ1v) is 4.90. The number of hydrogen-bond acceptors (Lipinski definition) is 4. The molecule has 0 amide bonds. The van der Waals surface area contributed by atoms with Crippen LogP contribution in [-0.2, 0) is 6.18 Å². The number of nitrogen functional groups attached to an aromatic ring is 1. The Hall–Kier alpha value is -2.31. The summed E-state index contributed by atoms with van der Waals surface area (Å²) in [5.74, 6) is -1.51. The van der Waals surface area contributed by atoms with E-state index in [1.807, 2.05) is 0 Å². The molecular weight excluding hydrogens is 247 g/mol. The van der Waals surface area contributed by atoms with Gasteiger partial charge in [-0.3, -0.25) is 0 Å². The molecule has 0 aliphatic carbocycles. The van der Waals surface area contributed by atoms with Crippen molar-refractivity contribution in [3.05, 3.63) is 42.2 Å². The predicted molar refractivity (Wildman–Crippen MR) is 58.0 cm³/mol. The number of nitrogens with two attached hydrogens (primary N) is 1. The molecule has 7 heteroatoms. The Bertz CT molecular complexity index is 543. The molecule has 0 radical (unpaired) electrons. The van der Waals surface area contributed by atoms with Gasteiger partial charge in [0.15, 0.2) is 0 Å². The zero-order chi connectivity index (χ0) is 13.2. The van der Waals surface area contributed by atoms with E-state index >= 15 is 0 Å². The van der Waals surface area contributed by atoms with E-state index in [4.69, 9.17) is 10.5 Å². The molecule has 0 aliphatic rings. The summed E-state index contributed by atoms with van der Waals surface area (Å²) in [6, 6.07) is 9.43. The number of anilines is 1. The average Bonchev–Trinajstić information content (AvgIpc) is 2.28. The van der Waals surface area contributed by atoms with Gasteiger partial charge in [0.25, 0.3) is 0 Å². The van der Waals surface area contributed by atoms with Gasteiger partial charge in [0.05, 0.1) is 0 Å². The quantitative estimate of drug-likeness (QED) is 0.896. The minimum Gasteiger partial charge on any atom is -0.439 e. The molecule has 2 N–H and O–H groups in total. The first-order chi connectivity index (χ1) is 8.45. The SMILES string of the molecule is Nc1cc(Oc2ccccc2)nc(C(F)(F)F)n1. The molecule has 0 saturated carbocycles. The second kappa shape index (κ2) is 4.52. The molecule has 1 aromatic heterocycles. The van der Waals surface area contributed by atoms with Crippen molar-refractivity contribution in [1.29, 1.82) is 0 Å². The van der Waals surface area contributed by atoms with Crippen LogP contribution >= 0.6 is 0 Å². The fraction of sp³-hybridized carbons (Fsp3) is 0.0909. The lowest BCUT2D eigenvalue weighted by Gasteiger charge is -2.09. The van der Waals surface area contributed by atoms with Gasteiger partial charge in [0, 0.05) is 6.07 Å². The Morgan fingerprint density at radius 1 is 1.06 bits per heavy atom. The van der Waals surface area contributed by atoms with Crippen molar-refractivity contribution in [1.82, 2.24) is 9.97 Å². The Morgan fingerprint density at radius 2 is 1.72 bits per heavy atom. The van der Waals surface area contributed by atoms with Crippen LogP contribution in [0.25, 0.3) is 0 Å². The van der Waals surface area contributed by atoms with E-state index in [0.29, 0.717) is 5.75 Å². The Kier molecular flexibility index (Phi) is 3.05. The maximum Gasteiger partial charge on any atom is 0.451 e. The molecule has 4 nitrogen and oxygen atoms in total. The molecule has 0 atom stereocenters. The lowest BCUT2D eigenvalue weighted by atomic mass is 10.3. The summed E-state index contributed by atoms with van der Waals surface area (Å²) in [5, 5.41) is 0. The van der Waals surface area contributed by atoms with E-state index in [0.717, 1.165) is 6.07 Å². The van der Waals surface area contributed by atoms with Crippen LogP contribution in [0.1, 0.15) is 5.82 Å². The Labute approximate surface area is 100 Å². The first kappa shape index (κ1) is 12.2. The largest absolute Gasteiger partial charge is 0.451 e. The number of halogens is 3. The number of nitrogens with zero attached hydrogens (tertiary/aromatic N) is 2. The van der Waals surface area contributed by atoms with Gasteiger partial charge in [-0.2, -0.15) is 18.2 Å². The fourth-order valence-electron chi connectivity index (χ4n) is 1.23. The van der Waals surface area contributed by atoms with Crippen molar-refractivity contribution >= 4 is 5.82 Å². The monoisotopic (exact) mass is 255 g/mol. The number of benzene rings is 1. The number of para-hydroxylation sites is 1. The molecule has 18 heavy (non-hydrogen) atoms. The van der Waals surface area contributed by atoms with Crippen LogP contribution in [-0.4, -0.2) is 9.97 Å². The van der Waals surface area contributed by atoms with Crippen LogP contribution in [0, 0.1) is 0 Å². The number of ether oxygens (including phenoxy) is 1. The summed E-state index contributed by atoms with van der Waals surface area (Å²) in [6.07, 6.45) is -4.66. The van der Waals surface area contributed by atoms with Crippen LogP contribution in [0.5, 0.6) is 11.6 Å². The van der Waals surface area contributed by atoms with E-state index in [1.54, 1.807) is 30.3 Å². The lowest BCUT2D eigenvalue weighted by molar-refractivity contribution is -0.145. The summed E-state index contributed by atoms with van der Waals surface area (Å²) in [6.45, 7) is 0. The summed E-state index contributed by atoms with van der Waals surface area (Å²) in [4.78, 5) is 6.37. The molecule has 0 aliphatic heterocycles. The number of aromatic nitrogens is 2. The number of rotatable bonds is 2. The predicted octanol–water partition coefficient (Wildman–Crippen LogP) is 2.87. The molecular formula is C11H8F3N3O. The topological polar surface area (TPSA) is 61.0 Å². The van der Waals surface area contributed by atoms with E-state index < -0.39 is 12.0 Å². The highest BCUT2D eigenvalue weighted by atomic mass is 19.4. The molecule has 2 rings (SSSR count). The van der Waals surface area contributed by atoms with Gasteiger partial charge < -0.3 is 10.5 Å². The van der Waals surface area contributed by atoms with Crippen LogP contribution in [0.4, 0.5) is 19.0 Å². The number of alkyl halides is 3. The summed E-state index contributed by atoms with van der Waals surface area (Å²) < 4.78 is 42.5. The third kappa shape index (κ3) is 2.88. The van der Waals surface area contributed by atoms with Crippen LogP contribution in [0.15, 0.2) is 36.4 Å². The molecule has 0 fully saturated rings. The smallest absolute Gasteiger partial charge is 0.439 e. The van der Waals surface area contributed by atoms with Crippen molar-refractivity contribution < 1.29 is 17.9 Å². The highest BCUT2D eigenvalue weighted by molar-refractivity contribution is 5.36. The average molecular weight is 255 g/mol. The van der Waals surface area contributed by atoms with Crippen molar-refractivity contribution in [2.45, 2.75) is 6.18 Å². The molecule has 0 spiro atoms. The van der Waals surface area contributed by atoms with Gasteiger partial charge in [0.1, 0.15) is 11.6 Å². The van der Waals surface area contributed by atoms with Crippen molar-refractivity contribution in [3.8, 4) is 11.6 Å². The molecule has 0 bridgehead atoms. The summed E-state index contributed by atoms with van der Waals surface area (Å²) in [7, 11) is 0. The second-order valence-electron chi connectivity index (χ2n) is 3.37. The van der Waals surface area contributed by atoms with Gasteiger partial charge >= 0.3 is 6.18 Å². The standard InChI is InChI=1S/C11H8F3N3O/c12-11(13,14)10-16-8(15)6-9(17-10)18-7-4-2-1-3-5-7/h1-6H,(H2,15,16,17). The maximum absolute atomic E-state index is 12.5. The van der Waals surface area contributed by atoms with Crippen molar-refractivity contribution in [2.75, 3.05) is 5.73 Å². The Balaban J connectivity index is 2.32. The summed E-state index contributed by atoms with van der Waals surface area (Å²) >= 11 is 0. The van der Waals surface area contributed by atoms with Crippen LogP contribution < -0.4 is 10.5 Å². The molecule has 0 saturated heterocycles. The highest BCUT2D eigenvalue weighted by Gasteiger charge is 2.35. The molecule has 2 aromatic rings. The normalized spacial score (nSPS) is 11.3. The van der Waals surface area contributed by atoms with E-state index in [2.05, 4.69) is 9.97 Å². The van der Waals surface area contributed by atoms with E-state index in [1.165, 1.54) is 0 Å². The zero-order valence-corrected chi connectivity index (χ0v) is 8.98. The highest BCUT2D eigenvalue weighted by Crippen LogP contribution is 2.29. The van der Waals surface area contributed by atoms with Crippen LogP contribution in [0.2, 0.25) is 0 Å². The van der Waals surface area contributed by atoms with Gasteiger partial charge in [-0.05, 0) is 12.1 Å². The molecule has 0 unspecified atom stereocenters. The van der Waals surface area contributed by atoms with Gasteiger partial charge in [0.2, 0.25) is 11.7 Å². The lowest BCUT2D eigenvalue weighted by Crippen LogP contribution is -2.12. The third-order valence-corrected chi connectivity index (χ3v) is 1.94. The minimum absolute atomic E-state index is 0.249. The van der Waals surface area contributed by atoms with Crippen molar-refractivity contribution in [2.24, 2.45) is 0 Å². The van der Waals surface area contributed by atoms with Gasteiger partial charge in [-0.25, -0.2) is 4.98 Å². The molecule has 1 aromatic carbocycles. The number of hydrogen-bond donors (Lipinski definition) is 1. The minimum atomic E-state index is -4.66. The maximum atomic E-state index is 12.5. The van der Waals surface area contributed by atoms with E-state index in [9.17, 15) is 13.2 Å². The summed E-state index contributed by atoms with van der Waals surface area (Å²) in [5.41, 5.74) is 5.28. The van der Waals surface area contributed by atoms with Crippen LogP contribution in [0.3, 0.4) is 0 Å². The molecule has 1 heterocycles. The van der Waals surface area contributed by atoms with E-state index in [-0.39, 0.29) is 11.7 Å².